The third kappa shape index (κ3) is 4.68. The highest BCUT2D eigenvalue weighted by Gasteiger charge is 2.41. The van der Waals surface area contributed by atoms with Crippen LogP contribution in [0, 0.1) is 11.3 Å². The highest BCUT2D eigenvalue weighted by Crippen LogP contribution is 2.48. The van der Waals surface area contributed by atoms with Crippen LogP contribution in [0.2, 0.25) is 0 Å². The van der Waals surface area contributed by atoms with Gasteiger partial charge < -0.3 is 9.64 Å². The average Bonchev–Trinajstić information content (AvgIpc) is 2.89. The van der Waals surface area contributed by atoms with Gasteiger partial charge in [0.25, 0.3) is 0 Å². The van der Waals surface area contributed by atoms with Gasteiger partial charge in [-0.15, -0.1) is 0 Å². The predicted molar refractivity (Wildman–Crippen MR) is 172 cm³/mol. The summed E-state index contributed by atoms with van der Waals surface area (Å²) < 4.78 is 7.69. The Morgan fingerprint density at radius 2 is 1.79 bits per heavy atom. The van der Waals surface area contributed by atoms with E-state index in [2.05, 4.69) is 108 Å². The number of hydrogen-bond donors (Lipinski definition) is 0. The number of fused-ring (bicyclic) bond motifs is 4. The quantitative estimate of drug-likeness (QED) is 0.309. The van der Waals surface area contributed by atoms with E-state index in [0.29, 0.717) is 18.9 Å². The number of carbonyl (C=O) groups is 1. The second-order valence-corrected chi connectivity index (χ2v) is 14.2. The fourth-order valence-electron chi connectivity index (χ4n) is 8.13. The lowest BCUT2D eigenvalue weighted by atomic mass is 9.67. The van der Waals surface area contributed by atoms with Crippen LogP contribution in [-0.4, -0.2) is 36.7 Å². The molecule has 2 aromatic carbocycles. The number of esters is 1. The highest BCUT2D eigenvalue weighted by molar-refractivity contribution is 5.86. The first-order valence-corrected chi connectivity index (χ1v) is 15.7. The Kier molecular flexibility index (Phi) is 7.45. The minimum atomic E-state index is -0.297. The molecule has 2 aromatic rings. The summed E-state index contributed by atoms with van der Waals surface area (Å²) in [5.41, 5.74) is 8.86. The SMILES string of the molecule is CCOC(=O)CCCN1c2cc3c(cc2C(C)CC1(C)C)C(C#N)=c1cc2c(cc1C3(C)C)=[N+](CC)C(C)(C)C=C2C. The Hall–Kier alpha value is -3.39. The Bertz CT molecular complexity index is 1670. The molecule has 5 nitrogen and oxygen atoms in total. The van der Waals surface area contributed by atoms with Crippen LogP contribution in [0.4, 0.5) is 5.69 Å². The Labute approximate surface area is 252 Å². The van der Waals surface area contributed by atoms with Gasteiger partial charge in [-0.25, -0.2) is 4.58 Å². The van der Waals surface area contributed by atoms with Gasteiger partial charge in [0.05, 0.1) is 12.2 Å². The first-order valence-electron chi connectivity index (χ1n) is 15.7. The maximum absolute atomic E-state index is 12.1. The molecule has 1 unspecified atom stereocenters. The van der Waals surface area contributed by atoms with Gasteiger partial charge in [-0.2, -0.15) is 5.26 Å². The standard InChI is InChI=1S/C37H48N3O2/c1-11-39-32-18-30-27(16-25(32)23(3)20-35(39,5)6)29(22-38)28-17-26-24(4)21-36(7,8)40(15-13-14-34(41)42-12-2)33(26)19-31(28)37(30,9)10/h16-20,24H,11-15,21H2,1-10H3/q+1. The van der Waals surface area contributed by atoms with Crippen molar-refractivity contribution >= 4 is 22.8 Å². The summed E-state index contributed by atoms with van der Waals surface area (Å²) in [6, 6.07) is 12.0. The van der Waals surface area contributed by atoms with Crippen LogP contribution in [0.5, 0.6) is 0 Å². The monoisotopic (exact) mass is 566 g/mol. The number of allylic oxidation sites excluding steroid dienone is 1. The summed E-state index contributed by atoms with van der Waals surface area (Å²) in [4.78, 5) is 14.6. The third-order valence-electron chi connectivity index (χ3n) is 10.0. The lowest BCUT2D eigenvalue weighted by molar-refractivity contribution is -0.143. The molecule has 222 valence electrons. The number of nitriles is 1. The number of benzene rings is 2. The molecule has 0 N–H and O–H groups in total. The van der Waals surface area contributed by atoms with Crippen LogP contribution < -0.4 is 20.1 Å². The number of carbonyl (C=O) groups excluding carboxylic acids is 1. The van der Waals surface area contributed by atoms with E-state index >= 15 is 0 Å². The van der Waals surface area contributed by atoms with Gasteiger partial charge in [-0.1, -0.05) is 20.8 Å². The van der Waals surface area contributed by atoms with Gasteiger partial charge in [-0.05, 0) is 111 Å². The highest BCUT2D eigenvalue weighted by atomic mass is 16.5. The molecule has 5 heteroatoms. The number of nitrogens with zero attached hydrogens (tertiary/aromatic N) is 3. The van der Waals surface area contributed by atoms with Crippen LogP contribution >= 0.6 is 0 Å². The zero-order chi connectivity index (χ0) is 30.8. The lowest BCUT2D eigenvalue weighted by Gasteiger charge is -2.49. The van der Waals surface area contributed by atoms with E-state index < -0.39 is 0 Å². The second-order valence-electron chi connectivity index (χ2n) is 14.2. The Balaban J connectivity index is 1.74. The number of likely N-dealkylation sites (N-methyl/N-ethyl adjacent to an activating group) is 1. The number of rotatable bonds is 6. The first-order chi connectivity index (χ1) is 19.7. The van der Waals surface area contributed by atoms with E-state index in [1.165, 1.54) is 38.9 Å². The van der Waals surface area contributed by atoms with Gasteiger partial charge in [0, 0.05) is 55.1 Å². The zero-order valence-electron chi connectivity index (χ0n) is 27.4. The van der Waals surface area contributed by atoms with Crippen molar-refractivity contribution in [2.24, 2.45) is 0 Å². The van der Waals surface area contributed by atoms with Gasteiger partial charge in [-0.3, -0.25) is 4.79 Å². The number of ether oxygens (including phenoxy) is 1. The van der Waals surface area contributed by atoms with Crippen molar-refractivity contribution in [1.29, 1.82) is 5.26 Å². The van der Waals surface area contributed by atoms with E-state index in [-0.39, 0.29) is 22.5 Å². The van der Waals surface area contributed by atoms with Gasteiger partial charge in [0.1, 0.15) is 12.6 Å². The van der Waals surface area contributed by atoms with Crippen LogP contribution in [0.1, 0.15) is 122 Å². The first kappa shape index (κ1) is 30.1. The number of anilines is 1. The van der Waals surface area contributed by atoms with Crippen molar-refractivity contribution in [3.8, 4) is 6.07 Å². The van der Waals surface area contributed by atoms with Crippen LogP contribution in [-0.2, 0) is 14.9 Å². The molecule has 5 rings (SSSR count). The van der Waals surface area contributed by atoms with E-state index in [0.717, 1.165) is 42.3 Å². The Morgan fingerprint density at radius 1 is 1.07 bits per heavy atom. The van der Waals surface area contributed by atoms with Crippen LogP contribution in [0.15, 0.2) is 30.3 Å². The maximum atomic E-state index is 12.1. The average molecular weight is 567 g/mol. The van der Waals surface area contributed by atoms with Crippen molar-refractivity contribution in [1.82, 2.24) is 4.58 Å². The van der Waals surface area contributed by atoms with Gasteiger partial charge in [0.2, 0.25) is 5.36 Å². The van der Waals surface area contributed by atoms with E-state index in [1.54, 1.807) is 0 Å². The summed E-state index contributed by atoms with van der Waals surface area (Å²) in [5.74, 6) is 0.232. The summed E-state index contributed by atoms with van der Waals surface area (Å²) in [5, 5.41) is 13.0. The number of hydrogen-bond acceptors (Lipinski definition) is 4. The lowest BCUT2D eigenvalue weighted by Crippen LogP contribution is -2.50. The Morgan fingerprint density at radius 3 is 2.43 bits per heavy atom. The molecular weight excluding hydrogens is 518 g/mol. The molecule has 0 amide bonds. The van der Waals surface area contributed by atoms with E-state index in [9.17, 15) is 10.1 Å². The van der Waals surface area contributed by atoms with Crippen molar-refractivity contribution in [3.05, 3.63) is 68.7 Å². The molecule has 2 aliphatic heterocycles. The molecule has 0 saturated heterocycles. The summed E-state index contributed by atoms with van der Waals surface area (Å²) in [7, 11) is 0. The fraction of sp³-hybridized carbons (Fsp3) is 0.541. The van der Waals surface area contributed by atoms with Crippen molar-refractivity contribution in [3.63, 3.8) is 0 Å². The molecule has 3 aliphatic rings. The predicted octanol–water partition coefficient (Wildman–Crippen LogP) is 6.19. The van der Waals surface area contributed by atoms with Crippen LogP contribution in [0.25, 0.3) is 11.1 Å². The topological polar surface area (TPSA) is 56.3 Å². The zero-order valence-corrected chi connectivity index (χ0v) is 27.4. The maximum Gasteiger partial charge on any atom is 0.305 e. The fourth-order valence-corrected chi connectivity index (χ4v) is 8.13. The van der Waals surface area contributed by atoms with Gasteiger partial charge >= 0.3 is 5.97 Å². The minimum Gasteiger partial charge on any atom is -0.466 e. The largest absolute Gasteiger partial charge is 0.466 e. The summed E-state index contributed by atoms with van der Waals surface area (Å²) in [6.45, 7) is 24.5. The van der Waals surface area contributed by atoms with Crippen molar-refractivity contribution in [2.45, 2.75) is 111 Å². The smallest absolute Gasteiger partial charge is 0.305 e. The normalized spacial score (nSPS) is 20.9. The summed E-state index contributed by atoms with van der Waals surface area (Å²) >= 11 is 0. The molecule has 0 fully saturated rings. The molecule has 0 aromatic heterocycles. The molecule has 0 saturated carbocycles. The molecule has 0 bridgehead atoms. The molecular formula is C37H48N3O2+. The molecule has 1 atom stereocenters. The van der Waals surface area contributed by atoms with Crippen molar-refractivity contribution in [2.75, 3.05) is 24.6 Å². The molecule has 2 heterocycles. The molecule has 0 radical (unpaired) electrons. The van der Waals surface area contributed by atoms with Crippen molar-refractivity contribution < 1.29 is 9.53 Å². The molecule has 1 aliphatic carbocycles. The van der Waals surface area contributed by atoms with Gasteiger partial charge in [0.15, 0.2) is 5.54 Å². The van der Waals surface area contributed by atoms with E-state index in [1.807, 2.05) is 6.92 Å². The molecule has 0 spiro atoms. The third-order valence-corrected chi connectivity index (χ3v) is 10.0. The molecule has 42 heavy (non-hydrogen) atoms. The van der Waals surface area contributed by atoms with Crippen LogP contribution in [0.3, 0.4) is 0 Å². The van der Waals surface area contributed by atoms with E-state index in [4.69, 9.17) is 4.74 Å². The second kappa shape index (κ2) is 10.4. The summed E-state index contributed by atoms with van der Waals surface area (Å²) in [6.07, 6.45) is 4.54. The minimum absolute atomic E-state index is 0.0516.